The van der Waals surface area contributed by atoms with Crippen molar-refractivity contribution in [2.45, 2.75) is 6.54 Å². The number of hydrogen-bond acceptors (Lipinski definition) is 4. The van der Waals surface area contributed by atoms with Crippen LogP contribution in [0.2, 0.25) is 5.02 Å². The summed E-state index contributed by atoms with van der Waals surface area (Å²) in [6.45, 7) is 5.71. The molecule has 0 aromatic heterocycles. The molecule has 3 aromatic rings. The number of amidine groups is 1. The first kappa shape index (κ1) is 20.6. The molecule has 2 aliphatic rings. The van der Waals surface area contributed by atoms with Crippen molar-refractivity contribution in [3.8, 4) is 0 Å². The minimum absolute atomic E-state index is 0.780. The van der Waals surface area contributed by atoms with Gasteiger partial charge >= 0.3 is 0 Å². The zero-order valence-corrected chi connectivity index (χ0v) is 19.6. The summed E-state index contributed by atoms with van der Waals surface area (Å²) in [7, 11) is 0. The van der Waals surface area contributed by atoms with Crippen LogP contribution in [0, 0.1) is 0 Å². The van der Waals surface area contributed by atoms with Crippen LogP contribution in [0.25, 0.3) is 0 Å². The number of benzene rings is 3. The van der Waals surface area contributed by atoms with Crippen molar-refractivity contribution >= 4 is 50.4 Å². The van der Waals surface area contributed by atoms with Gasteiger partial charge in [-0.05, 0) is 48.0 Å². The van der Waals surface area contributed by atoms with Gasteiger partial charge in [0.15, 0.2) is 0 Å². The Bertz CT molecular complexity index is 1110. The molecule has 31 heavy (non-hydrogen) atoms. The fraction of sp³-hybridized carbons (Fsp3) is 0.240. The highest BCUT2D eigenvalue weighted by Crippen LogP contribution is 2.38. The van der Waals surface area contributed by atoms with Gasteiger partial charge in [-0.2, -0.15) is 0 Å². The van der Waals surface area contributed by atoms with E-state index in [4.69, 9.17) is 16.6 Å². The van der Waals surface area contributed by atoms with Gasteiger partial charge in [0, 0.05) is 47.9 Å². The molecule has 0 amide bonds. The third-order valence-electron chi connectivity index (χ3n) is 5.87. The first-order valence-electron chi connectivity index (χ1n) is 10.6. The Morgan fingerprint density at radius 2 is 1.68 bits per heavy atom. The van der Waals surface area contributed by atoms with Crippen LogP contribution in [-0.4, -0.2) is 48.4 Å². The first-order valence-corrected chi connectivity index (χ1v) is 11.7. The molecule has 1 saturated heterocycles. The van der Waals surface area contributed by atoms with Gasteiger partial charge < -0.3 is 9.80 Å². The number of fused-ring (bicyclic) bond motifs is 1. The van der Waals surface area contributed by atoms with Gasteiger partial charge in [0.2, 0.25) is 0 Å². The average Bonchev–Trinajstić information content (AvgIpc) is 2.79. The Morgan fingerprint density at radius 3 is 2.48 bits per heavy atom. The second-order valence-electron chi connectivity index (χ2n) is 7.98. The molecule has 2 heterocycles. The normalized spacial score (nSPS) is 16.8. The van der Waals surface area contributed by atoms with Crippen LogP contribution in [0.5, 0.6) is 0 Å². The zero-order chi connectivity index (χ0) is 21.2. The number of hydrogen-bond donors (Lipinski definition) is 0. The maximum atomic E-state index is 6.15. The third kappa shape index (κ3) is 4.64. The number of para-hydroxylation sites is 2. The molecule has 0 saturated carbocycles. The molecular formula is C25H24BrClN4. The molecule has 3 aromatic carbocycles. The van der Waals surface area contributed by atoms with E-state index in [1.165, 1.54) is 11.3 Å². The lowest BCUT2D eigenvalue weighted by molar-refractivity contribution is 0.174. The number of halogens is 2. The Balaban J connectivity index is 1.32. The molecule has 6 heteroatoms. The van der Waals surface area contributed by atoms with Crippen LogP contribution in [0.3, 0.4) is 0 Å². The summed E-state index contributed by atoms with van der Waals surface area (Å²) in [6.07, 6.45) is 0. The standard InChI is InChI=1S/C25H24BrClN4/c26-20-6-4-8-22(16-20)31-18-25(28-23-9-1-2-10-24(23)31)30-13-11-29(12-14-30)17-19-5-3-7-21(27)15-19/h1-10,15-16H,11-14,17-18H2. The van der Waals surface area contributed by atoms with E-state index in [0.717, 1.165) is 66.0 Å². The molecular weight excluding hydrogens is 472 g/mol. The monoisotopic (exact) mass is 494 g/mol. The Kier molecular flexibility index (Phi) is 5.99. The van der Waals surface area contributed by atoms with Gasteiger partial charge in [-0.1, -0.05) is 57.9 Å². The molecule has 4 nitrogen and oxygen atoms in total. The van der Waals surface area contributed by atoms with E-state index >= 15 is 0 Å². The van der Waals surface area contributed by atoms with E-state index in [9.17, 15) is 0 Å². The van der Waals surface area contributed by atoms with Gasteiger partial charge in [-0.15, -0.1) is 0 Å². The fourth-order valence-electron chi connectivity index (χ4n) is 4.29. The van der Waals surface area contributed by atoms with Crippen LogP contribution in [-0.2, 0) is 6.54 Å². The van der Waals surface area contributed by atoms with E-state index in [2.05, 4.69) is 91.3 Å². The van der Waals surface area contributed by atoms with Crippen LogP contribution in [0.1, 0.15) is 5.56 Å². The van der Waals surface area contributed by atoms with Crippen LogP contribution in [0.15, 0.2) is 82.3 Å². The second kappa shape index (κ2) is 9.03. The molecule has 0 spiro atoms. The van der Waals surface area contributed by atoms with Crippen molar-refractivity contribution in [2.75, 3.05) is 37.6 Å². The van der Waals surface area contributed by atoms with Gasteiger partial charge in [-0.3, -0.25) is 4.90 Å². The van der Waals surface area contributed by atoms with Crippen molar-refractivity contribution < 1.29 is 0 Å². The SMILES string of the molecule is Clc1cccc(CN2CCN(C3=Nc4ccccc4N(c4cccc(Br)c4)C3)CC2)c1. The summed E-state index contributed by atoms with van der Waals surface area (Å²) < 4.78 is 1.08. The third-order valence-corrected chi connectivity index (χ3v) is 6.60. The first-order chi connectivity index (χ1) is 15.2. The van der Waals surface area contributed by atoms with Crippen molar-refractivity contribution in [2.24, 2.45) is 4.99 Å². The summed E-state index contributed by atoms with van der Waals surface area (Å²) in [5.41, 5.74) is 4.63. The predicted molar refractivity (Wildman–Crippen MR) is 133 cm³/mol. The molecule has 0 bridgehead atoms. The maximum absolute atomic E-state index is 6.15. The van der Waals surface area contributed by atoms with E-state index < -0.39 is 0 Å². The van der Waals surface area contributed by atoms with E-state index in [-0.39, 0.29) is 0 Å². The maximum Gasteiger partial charge on any atom is 0.125 e. The van der Waals surface area contributed by atoms with Gasteiger partial charge in [0.1, 0.15) is 5.84 Å². The smallest absolute Gasteiger partial charge is 0.125 e. The van der Waals surface area contributed by atoms with Gasteiger partial charge in [0.05, 0.1) is 17.9 Å². The molecule has 1 fully saturated rings. The summed E-state index contributed by atoms with van der Waals surface area (Å²) in [5.74, 6) is 1.14. The molecule has 0 atom stereocenters. The summed E-state index contributed by atoms with van der Waals surface area (Å²) in [6, 6.07) is 25.0. The Hall–Kier alpha value is -2.34. The second-order valence-corrected chi connectivity index (χ2v) is 9.33. The predicted octanol–water partition coefficient (Wildman–Crippen LogP) is 6.10. The summed E-state index contributed by atoms with van der Waals surface area (Å²) >= 11 is 9.77. The van der Waals surface area contributed by atoms with Crippen LogP contribution in [0.4, 0.5) is 17.1 Å². The summed E-state index contributed by atoms with van der Waals surface area (Å²) in [5, 5.41) is 0.805. The highest BCUT2D eigenvalue weighted by atomic mass is 79.9. The minimum Gasteiger partial charge on any atom is -0.356 e. The molecule has 0 radical (unpaired) electrons. The van der Waals surface area contributed by atoms with Crippen LogP contribution >= 0.6 is 27.5 Å². The Labute approximate surface area is 196 Å². The van der Waals surface area contributed by atoms with Crippen molar-refractivity contribution in [1.82, 2.24) is 9.80 Å². The van der Waals surface area contributed by atoms with E-state index in [1.54, 1.807) is 0 Å². The topological polar surface area (TPSA) is 22.1 Å². The minimum atomic E-state index is 0.780. The van der Waals surface area contributed by atoms with Gasteiger partial charge in [0.25, 0.3) is 0 Å². The number of piperazine rings is 1. The quantitative estimate of drug-likeness (QED) is 0.438. The molecule has 0 aliphatic carbocycles. The van der Waals surface area contributed by atoms with E-state index in [1.807, 2.05) is 12.1 Å². The summed E-state index contributed by atoms with van der Waals surface area (Å²) in [4.78, 5) is 12.3. The zero-order valence-electron chi connectivity index (χ0n) is 17.2. The molecule has 5 rings (SSSR count). The highest BCUT2D eigenvalue weighted by molar-refractivity contribution is 9.10. The fourth-order valence-corrected chi connectivity index (χ4v) is 4.89. The molecule has 0 unspecified atom stereocenters. The number of aliphatic imine (C=N–C) groups is 1. The lowest BCUT2D eigenvalue weighted by Crippen LogP contribution is -2.51. The number of nitrogens with zero attached hydrogens (tertiary/aromatic N) is 4. The number of anilines is 2. The van der Waals surface area contributed by atoms with Crippen molar-refractivity contribution in [3.05, 3.63) is 87.9 Å². The largest absolute Gasteiger partial charge is 0.356 e. The van der Waals surface area contributed by atoms with Crippen molar-refractivity contribution in [1.29, 1.82) is 0 Å². The van der Waals surface area contributed by atoms with Crippen LogP contribution < -0.4 is 4.90 Å². The molecule has 158 valence electrons. The Morgan fingerprint density at radius 1 is 0.871 bits per heavy atom. The molecule has 0 N–H and O–H groups in total. The highest BCUT2D eigenvalue weighted by Gasteiger charge is 2.26. The van der Waals surface area contributed by atoms with Gasteiger partial charge in [-0.25, -0.2) is 4.99 Å². The average molecular weight is 496 g/mol. The lowest BCUT2D eigenvalue weighted by atomic mass is 10.1. The number of rotatable bonds is 3. The lowest BCUT2D eigenvalue weighted by Gasteiger charge is -2.40. The van der Waals surface area contributed by atoms with E-state index in [0.29, 0.717) is 0 Å². The molecule has 2 aliphatic heterocycles. The van der Waals surface area contributed by atoms with Crippen molar-refractivity contribution in [3.63, 3.8) is 0 Å².